The lowest BCUT2D eigenvalue weighted by atomic mass is 9.82. The Morgan fingerprint density at radius 3 is 2.85 bits per heavy atom. The number of benzene rings is 1. The predicted octanol–water partition coefficient (Wildman–Crippen LogP) is 1.60. The van der Waals surface area contributed by atoms with Gasteiger partial charge in [-0.05, 0) is 25.1 Å². The summed E-state index contributed by atoms with van der Waals surface area (Å²) >= 11 is 0. The van der Waals surface area contributed by atoms with E-state index >= 15 is 0 Å². The minimum atomic E-state index is -1.91. The van der Waals surface area contributed by atoms with E-state index in [4.69, 9.17) is 5.26 Å². The average Bonchev–Trinajstić information content (AvgIpc) is 2.93. The third-order valence-corrected chi connectivity index (χ3v) is 3.17. The number of aromatic nitrogens is 3. The van der Waals surface area contributed by atoms with Gasteiger partial charge in [-0.3, -0.25) is 0 Å². The zero-order chi connectivity index (χ0) is 14.8. The molecule has 1 aromatic heterocycles. The molecule has 0 aliphatic heterocycles. The van der Waals surface area contributed by atoms with E-state index in [9.17, 15) is 13.9 Å². The highest BCUT2D eigenvalue weighted by Gasteiger charge is 2.39. The number of aliphatic hydroxyl groups is 1. The highest BCUT2D eigenvalue weighted by Crippen LogP contribution is 2.33. The smallest absolute Gasteiger partial charge is 0.137 e. The maximum absolute atomic E-state index is 13.9. The SMILES string of the molecule is C[C@H](C#N)[C@](O)(Cn1cncn1)c1cc(F)ccc1F. The van der Waals surface area contributed by atoms with Gasteiger partial charge in [0, 0.05) is 5.56 Å². The molecule has 0 unspecified atom stereocenters. The van der Waals surface area contributed by atoms with Gasteiger partial charge in [0.1, 0.15) is 29.9 Å². The van der Waals surface area contributed by atoms with Crippen molar-refractivity contribution in [3.63, 3.8) is 0 Å². The van der Waals surface area contributed by atoms with E-state index < -0.39 is 23.2 Å². The molecule has 0 aliphatic carbocycles. The molecule has 1 N–H and O–H groups in total. The molecule has 1 aromatic carbocycles. The zero-order valence-electron chi connectivity index (χ0n) is 10.7. The van der Waals surface area contributed by atoms with Crippen LogP contribution in [0.3, 0.4) is 0 Å². The Kier molecular flexibility index (Phi) is 3.77. The van der Waals surface area contributed by atoms with Crippen molar-refractivity contribution in [3.05, 3.63) is 48.1 Å². The molecule has 0 saturated heterocycles. The predicted molar refractivity (Wildman–Crippen MR) is 65.1 cm³/mol. The Morgan fingerprint density at radius 2 is 2.25 bits per heavy atom. The van der Waals surface area contributed by atoms with E-state index in [1.165, 1.54) is 24.3 Å². The first-order valence-electron chi connectivity index (χ1n) is 5.87. The van der Waals surface area contributed by atoms with E-state index in [1.807, 2.05) is 6.07 Å². The van der Waals surface area contributed by atoms with Gasteiger partial charge in [-0.2, -0.15) is 10.4 Å². The van der Waals surface area contributed by atoms with Crippen LogP contribution in [0, 0.1) is 28.9 Å². The minimum Gasteiger partial charge on any atom is -0.382 e. The number of nitrogens with zero attached hydrogens (tertiary/aromatic N) is 4. The molecule has 7 heteroatoms. The number of hydrogen-bond acceptors (Lipinski definition) is 4. The largest absolute Gasteiger partial charge is 0.382 e. The highest BCUT2D eigenvalue weighted by molar-refractivity contribution is 5.27. The summed E-state index contributed by atoms with van der Waals surface area (Å²) in [7, 11) is 0. The van der Waals surface area contributed by atoms with Gasteiger partial charge >= 0.3 is 0 Å². The minimum absolute atomic E-state index is 0.206. The van der Waals surface area contributed by atoms with Gasteiger partial charge in [-0.25, -0.2) is 18.4 Å². The molecule has 104 valence electrons. The number of hydrogen-bond donors (Lipinski definition) is 1. The van der Waals surface area contributed by atoms with Gasteiger partial charge in [0.25, 0.3) is 0 Å². The first-order valence-corrected chi connectivity index (χ1v) is 5.87. The summed E-state index contributed by atoms with van der Waals surface area (Å²) in [5, 5.41) is 23.6. The lowest BCUT2D eigenvalue weighted by Crippen LogP contribution is -2.38. The standard InChI is InChI=1S/C13H12F2N4O/c1-9(5-16)13(20,6-19-8-17-7-18-19)11-4-10(14)2-3-12(11)15/h2-4,7-9,20H,6H2,1H3/t9-,13-/m1/s1. The summed E-state index contributed by atoms with van der Waals surface area (Å²) < 4.78 is 28.5. The van der Waals surface area contributed by atoms with E-state index in [2.05, 4.69) is 10.1 Å². The van der Waals surface area contributed by atoms with Crippen molar-refractivity contribution < 1.29 is 13.9 Å². The van der Waals surface area contributed by atoms with Crippen LogP contribution in [-0.4, -0.2) is 19.9 Å². The molecular weight excluding hydrogens is 266 g/mol. The van der Waals surface area contributed by atoms with Crippen LogP contribution in [0.4, 0.5) is 8.78 Å². The van der Waals surface area contributed by atoms with Gasteiger partial charge < -0.3 is 5.11 Å². The van der Waals surface area contributed by atoms with E-state index in [0.717, 1.165) is 18.2 Å². The van der Waals surface area contributed by atoms with Crippen molar-refractivity contribution in [1.29, 1.82) is 5.26 Å². The second-order valence-electron chi connectivity index (χ2n) is 4.49. The van der Waals surface area contributed by atoms with Crippen LogP contribution in [0.25, 0.3) is 0 Å². The Morgan fingerprint density at radius 1 is 1.50 bits per heavy atom. The molecule has 2 atom stereocenters. The normalized spacial score (nSPS) is 15.3. The monoisotopic (exact) mass is 278 g/mol. The summed E-state index contributed by atoms with van der Waals surface area (Å²) in [6.07, 6.45) is 2.58. The molecule has 0 saturated carbocycles. The van der Waals surface area contributed by atoms with Gasteiger partial charge in [-0.15, -0.1) is 0 Å². The Bertz CT molecular complexity index is 638. The molecule has 20 heavy (non-hydrogen) atoms. The molecular formula is C13H12F2N4O. The second kappa shape index (κ2) is 5.35. The van der Waals surface area contributed by atoms with Gasteiger partial charge in [-0.1, -0.05) is 0 Å². The van der Waals surface area contributed by atoms with E-state index in [0.29, 0.717) is 0 Å². The van der Waals surface area contributed by atoms with Crippen LogP contribution >= 0.6 is 0 Å². The summed E-state index contributed by atoms with van der Waals surface area (Å²) in [6.45, 7) is 1.23. The third kappa shape index (κ3) is 2.51. The van der Waals surface area contributed by atoms with E-state index in [-0.39, 0.29) is 12.1 Å². The molecule has 0 aliphatic rings. The molecule has 1 heterocycles. The topological polar surface area (TPSA) is 74.7 Å². The van der Waals surface area contributed by atoms with Crippen LogP contribution in [0.15, 0.2) is 30.9 Å². The van der Waals surface area contributed by atoms with Crippen LogP contribution < -0.4 is 0 Å². The molecule has 2 rings (SSSR count). The van der Waals surface area contributed by atoms with Gasteiger partial charge in [0.15, 0.2) is 0 Å². The van der Waals surface area contributed by atoms with Crippen LogP contribution in [0.1, 0.15) is 12.5 Å². The van der Waals surface area contributed by atoms with Crippen molar-refractivity contribution in [1.82, 2.24) is 14.8 Å². The Labute approximate surface area is 114 Å². The number of rotatable bonds is 4. The van der Waals surface area contributed by atoms with Gasteiger partial charge in [0.05, 0.1) is 18.5 Å². The summed E-state index contributed by atoms with van der Waals surface area (Å²) in [5.74, 6) is -2.44. The lowest BCUT2D eigenvalue weighted by Gasteiger charge is -2.31. The van der Waals surface area contributed by atoms with Crippen molar-refractivity contribution in [2.75, 3.05) is 0 Å². The average molecular weight is 278 g/mol. The first kappa shape index (κ1) is 14.1. The molecule has 5 nitrogen and oxygen atoms in total. The summed E-state index contributed by atoms with van der Waals surface area (Å²) in [4.78, 5) is 3.72. The molecule has 0 amide bonds. The first-order chi connectivity index (χ1) is 9.47. The van der Waals surface area contributed by atoms with Crippen LogP contribution in [0.5, 0.6) is 0 Å². The molecule has 2 aromatic rings. The quantitative estimate of drug-likeness (QED) is 0.921. The maximum Gasteiger partial charge on any atom is 0.137 e. The van der Waals surface area contributed by atoms with Crippen molar-refractivity contribution in [3.8, 4) is 6.07 Å². The summed E-state index contributed by atoms with van der Waals surface area (Å²) in [6, 6.07) is 4.62. The molecule has 0 radical (unpaired) electrons. The molecule has 0 bridgehead atoms. The number of halogens is 2. The van der Waals surface area contributed by atoms with Crippen LogP contribution in [-0.2, 0) is 12.1 Å². The van der Waals surface area contributed by atoms with Crippen molar-refractivity contribution >= 4 is 0 Å². The van der Waals surface area contributed by atoms with E-state index in [1.54, 1.807) is 0 Å². The van der Waals surface area contributed by atoms with Crippen LogP contribution in [0.2, 0.25) is 0 Å². The fourth-order valence-corrected chi connectivity index (χ4v) is 1.95. The zero-order valence-corrected chi connectivity index (χ0v) is 10.7. The summed E-state index contributed by atoms with van der Waals surface area (Å²) in [5.41, 5.74) is -2.18. The van der Waals surface area contributed by atoms with Crippen molar-refractivity contribution in [2.24, 2.45) is 5.92 Å². The lowest BCUT2D eigenvalue weighted by molar-refractivity contribution is -0.0199. The fraction of sp³-hybridized carbons (Fsp3) is 0.308. The van der Waals surface area contributed by atoms with Gasteiger partial charge in [0.2, 0.25) is 0 Å². The van der Waals surface area contributed by atoms with Crippen molar-refractivity contribution in [2.45, 2.75) is 19.1 Å². The Hall–Kier alpha value is -2.33. The third-order valence-electron chi connectivity index (χ3n) is 3.17. The molecule has 0 spiro atoms. The fourth-order valence-electron chi connectivity index (χ4n) is 1.95. The number of nitriles is 1. The molecule has 0 fully saturated rings. The Balaban J connectivity index is 2.52. The highest BCUT2D eigenvalue weighted by atomic mass is 19.1. The second-order valence-corrected chi connectivity index (χ2v) is 4.49. The maximum atomic E-state index is 13.9.